The van der Waals surface area contributed by atoms with Crippen LogP contribution in [0.4, 0.5) is 0 Å². The molecule has 1 aliphatic rings. The van der Waals surface area contributed by atoms with Gasteiger partial charge < -0.3 is 10.1 Å². The maximum Gasteiger partial charge on any atom is 0.330 e. The van der Waals surface area contributed by atoms with Crippen LogP contribution in [0.5, 0.6) is 0 Å². The molecule has 0 aromatic rings. The van der Waals surface area contributed by atoms with Gasteiger partial charge in [-0.15, -0.1) is 0 Å². The maximum atomic E-state index is 11.1. The minimum absolute atomic E-state index is 0.144. The quantitative estimate of drug-likeness (QED) is 0.573. The number of amides is 1. The lowest BCUT2D eigenvalue weighted by atomic mass is 9.90. The summed E-state index contributed by atoms with van der Waals surface area (Å²) in [4.78, 5) is 22.1. The second-order valence-corrected chi connectivity index (χ2v) is 3.57. The average molecular weight is 221 g/mol. The Hall–Kier alpha value is -1.84. The van der Waals surface area contributed by atoms with Gasteiger partial charge in [0, 0.05) is 13.0 Å². The Balaban J connectivity index is 2.83. The molecule has 1 rings (SSSR count). The first kappa shape index (κ1) is 12.2. The molecule has 1 atom stereocenters. The molecule has 0 heterocycles. The second kappa shape index (κ2) is 5.30. The molecule has 0 saturated carbocycles. The highest BCUT2D eigenvalue weighted by molar-refractivity contribution is 5.82. The molecule has 0 fully saturated rings. The SMILES string of the molecule is COC(=O)/C=C\C1(NC(C)=O)C=CC=CC1. The zero-order valence-corrected chi connectivity index (χ0v) is 9.40. The number of esters is 1. The van der Waals surface area contributed by atoms with Crippen molar-refractivity contribution in [2.24, 2.45) is 0 Å². The molecule has 1 aliphatic carbocycles. The number of methoxy groups -OCH3 is 1. The molecule has 86 valence electrons. The molecule has 0 aromatic carbocycles. The van der Waals surface area contributed by atoms with E-state index in [-0.39, 0.29) is 5.91 Å². The summed E-state index contributed by atoms with van der Waals surface area (Å²) in [6.45, 7) is 1.44. The molecule has 0 aliphatic heterocycles. The summed E-state index contributed by atoms with van der Waals surface area (Å²) in [6.07, 6.45) is 11.1. The summed E-state index contributed by atoms with van der Waals surface area (Å²) in [5.74, 6) is -0.581. The Morgan fingerprint density at radius 2 is 2.19 bits per heavy atom. The van der Waals surface area contributed by atoms with E-state index in [9.17, 15) is 9.59 Å². The fourth-order valence-electron chi connectivity index (χ4n) is 1.51. The van der Waals surface area contributed by atoms with Gasteiger partial charge >= 0.3 is 5.97 Å². The Bertz CT molecular complexity index is 368. The number of carbonyl (C=O) groups is 2. The third kappa shape index (κ3) is 3.38. The van der Waals surface area contributed by atoms with E-state index in [0.29, 0.717) is 6.42 Å². The number of allylic oxidation sites excluding steroid dienone is 2. The van der Waals surface area contributed by atoms with Gasteiger partial charge in [-0.1, -0.05) is 24.3 Å². The summed E-state index contributed by atoms with van der Waals surface area (Å²) in [7, 11) is 1.31. The van der Waals surface area contributed by atoms with E-state index in [1.165, 1.54) is 20.1 Å². The van der Waals surface area contributed by atoms with Crippen molar-refractivity contribution in [1.29, 1.82) is 0 Å². The van der Waals surface area contributed by atoms with Gasteiger partial charge in [-0.2, -0.15) is 0 Å². The van der Waals surface area contributed by atoms with Gasteiger partial charge in [0.2, 0.25) is 5.91 Å². The van der Waals surface area contributed by atoms with Crippen LogP contribution in [0.1, 0.15) is 13.3 Å². The van der Waals surface area contributed by atoms with E-state index in [2.05, 4.69) is 10.1 Å². The minimum atomic E-state index is -0.616. The molecule has 0 aromatic heterocycles. The Labute approximate surface area is 94.7 Å². The monoisotopic (exact) mass is 221 g/mol. The highest BCUT2D eigenvalue weighted by Crippen LogP contribution is 2.19. The number of carbonyl (C=O) groups excluding carboxylic acids is 2. The van der Waals surface area contributed by atoms with Crippen molar-refractivity contribution in [3.8, 4) is 0 Å². The van der Waals surface area contributed by atoms with Gasteiger partial charge in [-0.05, 0) is 12.5 Å². The zero-order chi connectivity index (χ0) is 12.0. The first-order chi connectivity index (χ1) is 7.58. The predicted octanol–water partition coefficient (Wildman–Crippen LogP) is 1.11. The van der Waals surface area contributed by atoms with E-state index in [1.807, 2.05) is 24.3 Å². The third-order valence-electron chi connectivity index (χ3n) is 2.22. The van der Waals surface area contributed by atoms with Crippen molar-refractivity contribution >= 4 is 11.9 Å². The van der Waals surface area contributed by atoms with E-state index in [1.54, 1.807) is 6.08 Å². The van der Waals surface area contributed by atoms with E-state index < -0.39 is 11.5 Å². The van der Waals surface area contributed by atoms with Gasteiger partial charge in [0.25, 0.3) is 0 Å². The molecule has 1 amide bonds. The number of ether oxygens (including phenoxy) is 1. The number of hydrogen-bond donors (Lipinski definition) is 1. The highest BCUT2D eigenvalue weighted by atomic mass is 16.5. The van der Waals surface area contributed by atoms with Crippen molar-refractivity contribution in [2.45, 2.75) is 18.9 Å². The molecule has 1 unspecified atom stereocenters. The van der Waals surface area contributed by atoms with Crippen LogP contribution < -0.4 is 5.32 Å². The van der Waals surface area contributed by atoms with Crippen LogP contribution in [0.3, 0.4) is 0 Å². The summed E-state index contributed by atoms with van der Waals surface area (Å²) >= 11 is 0. The van der Waals surface area contributed by atoms with Crippen molar-refractivity contribution in [2.75, 3.05) is 7.11 Å². The van der Waals surface area contributed by atoms with Gasteiger partial charge in [-0.25, -0.2) is 4.79 Å². The molecule has 4 heteroatoms. The fraction of sp³-hybridized carbons (Fsp3) is 0.333. The van der Waals surface area contributed by atoms with Crippen molar-refractivity contribution < 1.29 is 14.3 Å². The van der Waals surface area contributed by atoms with Crippen LogP contribution in [-0.2, 0) is 14.3 Å². The minimum Gasteiger partial charge on any atom is -0.466 e. The third-order valence-corrected chi connectivity index (χ3v) is 2.22. The zero-order valence-electron chi connectivity index (χ0n) is 9.40. The fourth-order valence-corrected chi connectivity index (χ4v) is 1.51. The van der Waals surface area contributed by atoms with Gasteiger partial charge in [0.05, 0.1) is 12.6 Å². The Morgan fingerprint density at radius 1 is 1.44 bits per heavy atom. The summed E-state index contributed by atoms with van der Waals surface area (Å²) in [5, 5.41) is 2.80. The van der Waals surface area contributed by atoms with Crippen LogP contribution in [0.15, 0.2) is 36.5 Å². The van der Waals surface area contributed by atoms with E-state index in [0.717, 1.165) is 0 Å². The molecular weight excluding hydrogens is 206 g/mol. The maximum absolute atomic E-state index is 11.1. The van der Waals surface area contributed by atoms with Crippen LogP contribution in [-0.4, -0.2) is 24.5 Å². The lowest BCUT2D eigenvalue weighted by molar-refractivity contribution is -0.135. The highest BCUT2D eigenvalue weighted by Gasteiger charge is 2.24. The van der Waals surface area contributed by atoms with Crippen molar-refractivity contribution in [1.82, 2.24) is 5.32 Å². The van der Waals surface area contributed by atoms with Gasteiger partial charge in [0.1, 0.15) is 0 Å². The summed E-state index contributed by atoms with van der Waals surface area (Å²) in [6, 6.07) is 0. The topological polar surface area (TPSA) is 55.4 Å². The molecule has 1 N–H and O–H groups in total. The standard InChI is InChI=1S/C12H15NO3/c1-10(14)13-12(7-4-3-5-8-12)9-6-11(15)16-2/h3-7,9H,8H2,1-2H3,(H,13,14)/b9-6-. The molecule has 16 heavy (non-hydrogen) atoms. The summed E-state index contributed by atoms with van der Waals surface area (Å²) < 4.78 is 4.51. The smallest absolute Gasteiger partial charge is 0.330 e. The molecule has 0 saturated heterocycles. The molecular formula is C12H15NO3. The van der Waals surface area contributed by atoms with E-state index in [4.69, 9.17) is 0 Å². The van der Waals surface area contributed by atoms with Crippen LogP contribution in [0.25, 0.3) is 0 Å². The first-order valence-corrected chi connectivity index (χ1v) is 4.98. The molecule has 0 radical (unpaired) electrons. The molecule has 0 bridgehead atoms. The Kier molecular flexibility index (Phi) is 4.05. The van der Waals surface area contributed by atoms with Crippen LogP contribution in [0.2, 0.25) is 0 Å². The van der Waals surface area contributed by atoms with Gasteiger partial charge in [0.15, 0.2) is 0 Å². The van der Waals surface area contributed by atoms with Crippen LogP contribution in [0, 0.1) is 0 Å². The Morgan fingerprint density at radius 3 is 2.69 bits per heavy atom. The molecule has 4 nitrogen and oxygen atoms in total. The predicted molar refractivity (Wildman–Crippen MR) is 60.6 cm³/mol. The molecule has 0 spiro atoms. The first-order valence-electron chi connectivity index (χ1n) is 4.98. The summed E-state index contributed by atoms with van der Waals surface area (Å²) in [5.41, 5.74) is -0.616. The van der Waals surface area contributed by atoms with Crippen molar-refractivity contribution in [3.05, 3.63) is 36.5 Å². The van der Waals surface area contributed by atoms with Crippen molar-refractivity contribution in [3.63, 3.8) is 0 Å². The van der Waals surface area contributed by atoms with Crippen LogP contribution >= 0.6 is 0 Å². The average Bonchev–Trinajstić information content (AvgIpc) is 2.26. The lowest BCUT2D eigenvalue weighted by Crippen LogP contribution is -2.44. The number of nitrogens with one attached hydrogen (secondary N) is 1. The largest absolute Gasteiger partial charge is 0.466 e. The van der Waals surface area contributed by atoms with E-state index >= 15 is 0 Å². The lowest BCUT2D eigenvalue weighted by Gasteiger charge is -2.28. The second-order valence-electron chi connectivity index (χ2n) is 3.57. The number of hydrogen-bond acceptors (Lipinski definition) is 3. The number of rotatable bonds is 3. The normalized spacial score (nSPS) is 23.4. The van der Waals surface area contributed by atoms with Gasteiger partial charge in [-0.3, -0.25) is 4.79 Å².